The molecule has 0 bridgehead atoms. The maximum atomic E-state index is 6.00. The monoisotopic (exact) mass is 123 g/mol. The van der Waals surface area contributed by atoms with Gasteiger partial charge < -0.3 is 5.73 Å². The van der Waals surface area contributed by atoms with Crippen molar-refractivity contribution in [3.05, 3.63) is 11.6 Å². The van der Waals surface area contributed by atoms with Gasteiger partial charge in [0, 0.05) is 5.54 Å². The van der Waals surface area contributed by atoms with Crippen LogP contribution in [0.15, 0.2) is 11.6 Å². The maximum absolute atomic E-state index is 6.00. The highest BCUT2D eigenvalue weighted by Gasteiger charge is 2.52. The van der Waals surface area contributed by atoms with E-state index >= 15 is 0 Å². The molecular formula is C8H13N. The Morgan fingerprint density at radius 1 is 1.78 bits per heavy atom. The molecule has 2 aliphatic rings. The zero-order valence-electron chi connectivity index (χ0n) is 5.85. The molecule has 0 aromatic heterocycles. The highest BCUT2D eigenvalue weighted by atomic mass is 14.9. The summed E-state index contributed by atoms with van der Waals surface area (Å²) in [6, 6.07) is 0. The summed E-state index contributed by atoms with van der Waals surface area (Å²) in [4.78, 5) is 0. The molecule has 0 radical (unpaired) electrons. The van der Waals surface area contributed by atoms with E-state index in [2.05, 4.69) is 13.0 Å². The van der Waals surface area contributed by atoms with Crippen molar-refractivity contribution in [2.75, 3.05) is 0 Å². The fourth-order valence-electron chi connectivity index (χ4n) is 1.92. The third kappa shape index (κ3) is 0.645. The topological polar surface area (TPSA) is 26.0 Å². The summed E-state index contributed by atoms with van der Waals surface area (Å²) in [5.41, 5.74) is 7.78. The fourth-order valence-corrected chi connectivity index (χ4v) is 1.92. The zero-order chi connectivity index (χ0) is 6.48. The Morgan fingerprint density at radius 3 is 3.11 bits per heavy atom. The molecule has 9 heavy (non-hydrogen) atoms. The molecule has 0 aromatic rings. The van der Waals surface area contributed by atoms with Crippen molar-refractivity contribution < 1.29 is 0 Å². The van der Waals surface area contributed by atoms with E-state index in [-0.39, 0.29) is 5.54 Å². The van der Waals surface area contributed by atoms with Crippen LogP contribution in [-0.2, 0) is 0 Å². The van der Waals surface area contributed by atoms with Crippen molar-refractivity contribution in [2.24, 2.45) is 11.7 Å². The number of fused-ring (bicyclic) bond motifs is 1. The fraction of sp³-hybridized carbons (Fsp3) is 0.750. The average Bonchev–Trinajstić information content (AvgIpc) is 2.43. The summed E-state index contributed by atoms with van der Waals surface area (Å²) in [5, 5.41) is 0. The van der Waals surface area contributed by atoms with Crippen LogP contribution >= 0.6 is 0 Å². The molecule has 0 saturated heterocycles. The van der Waals surface area contributed by atoms with Crippen molar-refractivity contribution in [3.8, 4) is 0 Å². The summed E-state index contributed by atoms with van der Waals surface area (Å²) in [6.07, 6.45) is 6.01. The first-order valence-electron chi connectivity index (χ1n) is 3.68. The molecule has 0 amide bonds. The smallest absolute Gasteiger partial charge is 0.0230 e. The predicted molar refractivity (Wildman–Crippen MR) is 38.0 cm³/mol. The molecule has 1 nitrogen and oxygen atoms in total. The van der Waals surface area contributed by atoms with Gasteiger partial charge in [-0.05, 0) is 32.1 Å². The first-order valence-corrected chi connectivity index (χ1v) is 3.68. The predicted octanol–water partition coefficient (Wildman–Crippen LogP) is 1.44. The molecule has 2 unspecified atom stereocenters. The minimum Gasteiger partial charge on any atom is -0.325 e. The van der Waals surface area contributed by atoms with Crippen LogP contribution in [0.4, 0.5) is 0 Å². The molecule has 1 heteroatoms. The van der Waals surface area contributed by atoms with Gasteiger partial charge in [0.1, 0.15) is 0 Å². The second-order valence-electron chi connectivity index (χ2n) is 3.48. The molecule has 0 heterocycles. The van der Waals surface area contributed by atoms with Gasteiger partial charge >= 0.3 is 0 Å². The van der Waals surface area contributed by atoms with Gasteiger partial charge in [-0.2, -0.15) is 0 Å². The van der Waals surface area contributed by atoms with E-state index < -0.39 is 0 Å². The van der Waals surface area contributed by atoms with Crippen LogP contribution in [-0.4, -0.2) is 5.54 Å². The van der Waals surface area contributed by atoms with Crippen LogP contribution in [0.1, 0.15) is 26.2 Å². The second kappa shape index (κ2) is 1.40. The lowest BCUT2D eigenvalue weighted by atomic mass is 9.97. The number of rotatable bonds is 0. The molecule has 2 aliphatic carbocycles. The molecule has 1 saturated carbocycles. The molecule has 2 N–H and O–H groups in total. The summed E-state index contributed by atoms with van der Waals surface area (Å²) < 4.78 is 0. The SMILES string of the molecule is CC1=CCCC2(N)CC12. The Hall–Kier alpha value is -0.300. The highest BCUT2D eigenvalue weighted by Crippen LogP contribution is 2.51. The zero-order valence-corrected chi connectivity index (χ0v) is 5.85. The summed E-state index contributed by atoms with van der Waals surface area (Å²) in [5.74, 6) is 0.756. The maximum Gasteiger partial charge on any atom is 0.0230 e. The van der Waals surface area contributed by atoms with Gasteiger partial charge in [-0.15, -0.1) is 0 Å². The normalized spacial score (nSPS) is 47.8. The largest absolute Gasteiger partial charge is 0.325 e. The van der Waals surface area contributed by atoms with E-state index in [4.69, 9.17) is 5.73 Å². The molecule has 50 valence electrons. The molecule has 0 spiro atoms. The van der Waals surface area contributed by atoms with Crippen LogP contribution in [0.3, 0.4) is 0 Å². The molecule has 2 atom stereocenters. The van der Waals surface area contributed by atoms with E-state index in [0.29, 0.717) is 0 Å². The summed E-state index contributed by atoms with van der Waals surface area (Å²) >= 11 is 0. The Labute approximate surface area is 55.9 Å². The van der Waals surface area contributed by atoms with Crippen molar-refractivity contribution in [1.29, 1.82) is 0 Å². The van der Waals surface area contributed by atoms with Gasteiger partial charge in [0.15, 0.2) is 0 Å². The Kier molecular flexibility index (Phi) is 0.854. The van der Waals surface area contributed by atoms with E-state index in [1.807, 2.05) is 0 Å². The third-order valence-electron chi connectivity index (χ3n) is 2.74. The van der Waals surface area contributed by atoms with E-state index in [0.717, 1.165) is 5.92 Å². The van der Waals surface area contributed by atoms with E-state index in [1.54, 1.807) is 0 Å². The number of hydrogen-bond donors (Lipinski definition) is 1. The van der Waals surface area contributed by atoms with Crippen LogP contribution < -0.4 is 5.73 Å². The van der Waals surface area contributed by atoms with E-state index in [9.17, 15) is 0 Å². The Balaban J connectivity index is 2.23. The van der Waals surface area contributed by atoms with Gasteiger partial charge in [-0.25, -0.2) is 0 Å². The minimum absolute atomic E-state index is 0.249. The molecular weight excluding hydrogens is 110 g/mol. The molecule has 1 fully saturated rings. The van der Waals surface area contributed by atoms with E-state index in [1.165, 1.54) is 24.8 Å². The lowest BCUT2D eigenvalue weighted by molar-refractivity contribution is 0.557. The Morgan fingerprint density at radius 2 is 2.56 bits per heavy atom. The van der Waals surface area contributed by atoms with Crippen LogP contribution in [0.25, 0.3) is 0 Å². The quantitative estimate of drug-likeness (QED) is 0.485. The molecule has 0 aromatic carbocycles. The van der Waals surface area contributed by atoms with Crippen molar-refractivity contribution >= 4 is 0 Å². The van der Waals surface area contributed by atoms with Crippen LogP contribution in [0, 0.1) is 5.92 Å². The summed E-state index contributed by atoms with van der Waals surface area (Å²) in [6.45, 7) is 2.21. The lowest BCUT2D eigenvalue weighted by Crippen LogP contribution is -2.26. The first kappa shape index (κ1) is 5.48. The van der Waals surface area contributed by atoms with Gasteiger partial charge in [0.25, 0.3) is 0 Å². The highest BCUT2D eigenvalue weighted by molar-refractivity contribution is 5.27. The summed E-state index contributed by atoms with van der Waals surface area (Å²) in [7, 11) is 0. The van der Waals surface area contributed by atoms with Crippen molar-refractivity contribution in [2.45, 2.75) is 31.7 Å². The second-order valence-corrected chi connectivity index (χ2v) is 3.48. The third-order valence-corrected chi connectivity index (χ3v) is 2.74. The number of nitrogens with two attached hydrogens (primary N) is 1. The Bertz CT molecular complexity index is 171. The first-order chi connectivity index (χ1) is 4.22. The van der Waals surface area contributed by atoms with Gasteiger partial charge in [-0.3, -0.25) is 0 Å². The van der Waals surface area contributed by atoms with Crippen molar-refractivity contribution in [1.82, 2.24) is 0 Å². The number of hydrogen-bond acceptors (Lipinski definition) is 1. The minimum atomic E-state index is 0.249. The van der Waals surface area contributed by atoms with Gasteiger partial charge in [-0.1, -0.05) is 11.6 Å². The standard InChI is InChI=1S/C8H13N/c1-6-3-2-4-8(9)5-7(6)8/h3,7H,2,4-5,9H2,1H3. The van der Waals surface area contributed by atoms with Gasteiger partial charge in [0.05, 0.1) is 0 Å². The molecule has 0 aliphatic heterocycles. The molecule has 2 rings (SSSR count). The number of allylic oxidation sites excluding steroid dienone is 1. The lowest BCUT2D eigenvalue weighted by Gasteiger charge is -2.15. The van der Waals surface area contributed by atoms with Crippen LogP contribution in [0.2, 0.25) is 0 Å². The van der Waals surface area contributed by atoms with Crippen molar-refractivity contribution in [3.63, 3.8) is 0 Å². The van der Waals surface area contributed by atoms with Gasteiger partial charge in [0.2, 0.25) is 0 Å². The van der Waals surface area contributed by atoms with Crippen LogP contribution in [0.5, 0.6) is 0 Å². The average molecular weight is 123 g/mol.